The van der Waals surface area contributed by atoms with E-state index in [1.54, 1.807) is 23.9 Å². The zero-order valence-electron chi connectivity index (χ0n) is 15.9. The summed E-state index contributed by atoms with van der Waals surface area (Å²) < 4.78 is 5.38. The fraction of sp³-hybridized carbons (Fsp3) is 0.450. The molecule has 4 rings (SSSR count). The Kier molecular flexibility index (Phi) is 4.86. The molecule has 0 aliphatic carbocycles. The summed E-state index contributed by atoms with van der Waals surface area (Å²) in [6.07, 6.45) is 4.93. The first-order valence-corrected chi connectivity index (χ1v) is 10.2. The van der Waals surface area contributed by atoms with Crippen molar-refractivity contribution in [1.29, 1.82) is 0 Å². The number of piperidine rings is 1. The first-order chi connectivity index (χ1) is 13.0. The van der Waals surface area contributed by atoms with Gasteiger partial charge >= 0.3 is 0 Å². The molecule has 1 aliphatic rings. The van der Waals surface area contributed by atoms with Gasteiger partial charge in [-0.05, 0) is 51.3 Å². The molecular weight excluding hydrogens is 360 g/mol. The van der Waals surface area contributed by atoms with Gasteiger partial charge in [0.2, 0.25) is 5.91 Å². The fourth-order valence-corrected chi connectivity index (χ4v) is 4.69. The van der Waals surface area contributed by atoms with Crippen LogP contribution in [0.3, 0.4) is 0 Å². The molecule has 0 spiro atoms. The van der Waals surface area contributed by atoms with Crippen LogP contribution in [0.25, 0.3) is 10.2 Å². The van der Waals surface area contributed by atoms with Crippen molar-refractivity contribution in [2.45, 2.75) is 39.7 Å². The number of fused-ring (bicyclic) bond motifs is 1. The number of nitrogens with zero attached hydrogens (tertiary/aromatic N) is 3. The molecule has 0 aromatic carbocycles. The van der Waals surface area contributed by atoms with E-state index in [9.17, 15) is 4.79 Å². The summed E-state index contributed by atoms with van der Waals surface area (Å²) in [4.78, 5) is 26.2. The first kappa shape index (κ1) is 18.0. The topological polar surface area (TPSA) is 71.3 Å². The van der Waals surface area contributed by atoms with Gasteiger partial charge in [-0.25, -0.2) is 9.97 Å². The molecule has 6 nitrogen and oxygen atoms in total. The molecule has 3 aromatic rings. The van der Waals surface area contributed by atoms with Gasteiger partial charge in [0.1, 0.15) is 22.7 Å². The lowest BCUT2D eigenvalue weighted by Gasteiger charge is -2.33. The van der Waals surface area contributed by atoms with E-state index in [2.05, 4.69) is 34.0 Å². The number of hydrogen-bond acceptors (Lipinski definition) is 6. The van der Waals surface area contributed by atoms with Crippen LogP contribution in [0.5, 0.6) is 0 Å². The van der Waals surface area contributed by atoms with Crippen LogP contribution in [0.15, 0.2) is 29.1 Å². The van der Waals surface area contributed by atoms with Crippen molar-refractivity contribution in [2.24, 2.45) is 5.92 Å². The maximum Gasteiger partial charge on any atom is 0.223 e. The van der Waals surface area contributed by atoms with Gasteiger partial charge < -0.3 is 14.6 Å². The fourth-order valence-electron chi connectivity index (χ4n) is 3.70. The second-order valence-corrected chi connectivity index (χ2v) is 8.37. The normalized spacial score (nSPS) is 16.6. The number of amides is 1. The summed E-state index contributed by atoms with van der Waals surface area (Å²) in [5, 5.41) is 4.23. The third-order valence-electron chi connectivity index (χ3n) is 5.44. The Morgan fingerprint density at radius 3 is 2.81 bits per heavy atom. The highest BCUT2D eigenvalue weighted by Crippen LogP contribution is 2.35. The van der Waals surface area contributed by atoms with E-state index in [-0.39, 0.29) is 17.9 Å². The van der Waals surface area contributed by atoms with Crippen LogP contribution in [0.4, 0.5) is 5.82 Å². The van der Waals surface area contributed by atoms with E-state index in [0.29, 0.717) is 0 Å². The third kappa shape index (κ3) is 3.43. The number of aromatic nitrogens is 2. The number of nitrogens with one attached hydrogen (secondary N) is 1. The maximum absolute atomic E-state index is 12.6. The highest BCUT2D eigenvalue weighted by Gasteiger charge is 2.28. The molecule has 1 amide bonds. The van der Waals surface area contributed by atoms with Gasteiger partial charge in [0.25, 0.3) is 0 Å². The molecule has 142 valence electrons. The Labute approximate surface area is 162 Å². The van der Waals surface area contributed by atoms with Gasteiger partial charge in [0.15, 0.2) is 0 Å². The van der Waals surface area contributed by atoms with Crippen molar-refractivity contribution in [3.63, 3.8) is 0 Å². The molecule has 1 fully saturated rings. The Bertz CT molecular complexity index is 942. The molecule has 0 bridgehead atoms. The van der Waals surface area contributed by atoms with Crippen molar-refractivity contribution in [3.8, 4) is 0 Å². The van der Waals surface area contributed by atoms with Gasteiger partial charge in [-0.15, -0.1) is 11.3 Å². The van der Waals surface area contributed by atoms with E-state index in [1.165, 1.54) is 10.4 Å². The average molecular weight is 385 g/mol. The van der Waals surface area contributed by atoms with Crippen LogP contribution in [0, 0.1) is 19.8 Å². The minimum atomic E-state index is -0.108. The van der Waals surface area contributed by atoms with Crippen LogP contribution in [-0.4, -0.2) is 29.0 Å². The summed E-state index contributed by atoms with van der Waals surface area (Å²) in [6, 6.07) is 3.62. The third-order valence-corrected chi connectivity index (χ3v) is 6.55. The predicted octanol–water partition coefficient (Wildman–Crippen LogP) is 3.99. The molecule has 1 aliphatic heterocycles. The largest absolute Gasteiger partial charge is 0.467 e. The lowest BCUT2D eigenvalue weighted by atomic mass is 9.95. The Balaban J connectivity index is 1.43. The number of carbonyl (C=O) groups is 1. The van der Waals surface area contributed by atoms with Crippen LogP contribution < -0.4 is 10.2 Å². The molecule has 4 heterocycles. The zero-order chi connectivity index (χ0) is 19.0. The monoisotopic (exact) mass is 384 g/mol. The Morgan fingerprint density at radius 2 is 2.11 bits per heavy atom. The molecule has 3 aromatic heterocycles. The lowest BCUT2D eigenvalue weighted by molar-refractivity contribution is -0.126. The molecule has 0 unspecified atom stereocenters. The van der Waals surface area contributed by atoms with Crippen molar-refractivity contribution >= 4 is 33.3 Å². The molecule has 0 radical (unpaired) electrons. The van der Waals surface area contributed by atoms with Gasteiger partial charge in [0, 0.05) is 23.9 Å². The molecule has 1 N–H and O–H groups in total. The Morgan fingerprint density at radius 1 is 1.33 bits per heavy atom. The van der Waals surface area contributed by atoms with Gasteiger partial charge in [-0.1, -0.05) is 0 Å². The summed E-state index contributed by atoms with van der Waals surface area (Å²) in [6.45, 7) is 7.87. The zero-order valence-corrected chi connectivity index (χ0v) is 16.7. The number of hydrogen-bond donors (Lipinski definition) is 1. The first-order valence-electron chi connectivity index (χ1n) is 9.34. The van der Waals surface area contributed by atoms with Gasteiger partial charge in [-0.2, -0.15) is 0 Å². The van der Waals surface area contributed by atoms with Gasteiger partial charge in [0.05, 0.1) is 17.7 Å². The van der Waals surface area contributed by atoms with E-state index in [0.717, 1.165) is 47.7 Å². The quantitative estimate of drug-likeness (QED) is 0.736. The number of carbonyl (C=O) groups excluding carboxylic acids is 1. The standard InChI is InChI=1S/C20H24N4O2S/c1-12-14(3)27-20-17(12)18(21-11-22-20)24-8-6-15(7-9-24)19(25)23-13(2)16-5-4-10-26-16/h4-5,10-11,13,15H,6-9H2,1-3H3,(H,23,25)/t13-/m0/s1. The van der Waals surface area contributed by atoms with E-state index < -0.39 is 0 Å². The molecule has 27 heavy (non-hydrogen) atoms. The number of aryl methyl sites for hydroxylation is 2. The number of furan rings is 1. The summed E-state index contributed by atoms with van der Waals surface area (Å²) in [5.41, 5.74) is 1.26. The summed E-state index contributed by atoms with van der Waals surface area (Å²) in [7, 11) is 0. The number of thiophene rings is 1. The summed E-state index contributed by atoms with van der Waals surface area (Å²) >= 11 is 1.72. The van der Waals surface area contributed by atoms with Crippen LogP contribution in [0.1, 0.15) is 42.0 Å². The highest BCUT2D eigenvalue weighted by molar-refractivity contribution is 7.18. The van der Waals surface area contributed by atoms with E-state index >= 15 is 0 Å². The van der Waals surface area contributed by atoms with Crippen molar-refractivity contribution < 1.29 is 9.21 Å². The van der Waals surface area contributed by atoms with E-state index in [1.807, 2.05) is 19.1 Å². The van der Waals surface area contributed by atoms with Crippen LogP contribution in [-0.2, 0) is 4.79 Å². The van der Waals surface area contributed by atoms with Crippen LogP contribution in [0.2, 0.25) is 0 Å². The average Bonchev–Trinajstić information content (AvgIpc) is 3.31. The van der Waals surface area contributed by atoms with Crippen molar-refractivity contribution in [3.05, 3.63) is 40.9 Å². The number of rotatable bonds is 4. The molecule has 7 heteroatoms. The Hall–Kier alpha value is -2.41. The minimum Gasteiger partial charge on any atom is -0.467 e. The lowest BCUT2D eigenvalue weighted by Crippen LogP contribution is -2.41. The molecule has 1 saturated heterocycles. The minimum absolute atomic E-state index is 0.0290. The van der Waals surface area contributed by atoms with Crippen molar-refractivity contribution in [2.75, 3.05) is 18.0 Å². The predicted molar refractivity (Wildman–Crippen MR) is 107 cm³/mol. The molecule has 1 atom stereocenters. The molecular formula is C20H24N4O2S. The second kappa shape index (κ2) is 7.31. The number of anilines is 1. The van der Waals surface area contributed by atoms with Crippen molar-refractivity contribution in [1.82, 2.24) is 15.3 Å². The maximum atomic E-state index is 12.6. The van der Waals surface area contributed by atoms with E-state index in [4.69, 9.17) is 4.42 Å². The highest BCUT2D eigenvalue weighted by atomic mass is 32.1. The smallest absolute Gasteiger partial charge is 0.223 e. The SMILES string of the molecule is Cc1sc2ncnc(N3CCC(C(=O)N[C@@H](C)c4ccco4)CC3)c2c1C. The second-order valence-electron chi connectivity index (χ2n) is 7.17. The molecule has 0 saturated carbocycles. The summed E-state index contributed by atoms with van der Waals surface area (Å²) in [5.74, 6) is 1.92. The van der Waals surface area contributed by atoms with Gasteiger partial charge in [-0.3, -0.25) is 4.79 Å². The van der Waals surface area contributed by atoms with Crippen LogP contribution >= 0.6 is 11.3 Å².